The van der Waals surface area contributed by atoms with Crippen molar-refractivity contribution in [2.24, 2.45) is 0 Å². The van der Waals surface area contributed by atoms with Gasteiger partial charge in [-0.05, 0) is 31.4 Å². The first-order valence-corrected chi connectivity index (χ1v) is 12.0. The molecule has 1 aromatic heterocycles. The second-order valence-electron chi connectivity index (χ2n) is 9.18. The zero-order valence-electron chi connectivity index (χ0n) is 19.3. The third-order valence-corrected chi connectivity index (χ3v) is 6.94. The molecule has 2 aliphatic rings. The van der Waals surface area contributed by atoms with Crippen LogP contribution in [0.2, 0.25) is 0 Å². The average molecular weight is 441 g/mol. The molecule has 2 fully saturated rings. The number of benzene rings is 2. The summed E-state index contributed by atoms with van der Waals surface area (Å²) in [7, 11) is 0. The quantitative estimate of drug-likeness (QED) is 0.627. The number of pyridine rings is 1. The van der Waals surface area contributed by atoms with E-state index in [1.807, 2.05) is 12.1 Å². The van der Waals surface area contributed by atoms with Crippen LogP contribution in [0.3, 0.4) is 0 Å². The van der Waals surface area contributed by atoms with Crippen molar-refractivity contribution >= 4 is 22.4 Å². The monoisotopic (exact) mass is 440 g/mol. The highest BCUT2D eigenvalue weighted by Crippen LogP contribution is 2.36. The molecule has 2 aliphatic heterocycles. The maximum absolute atomic E-state index is 10.3. The van der Waals surface area contributed by atoms with Crippen LogP contribution in [0.5, 0.6) is 0 Å². The Balaban J connectivity index is 1.48. The fourth-order valence-corrected chi connectivity index (χ4v) is 5.15. The lowest BCUT2D eigenvalue weighted by molar-refractivity contribution is 0.156. The van der Waals surface area contributed by atoms with Crippen LogP contribution in [0, 0.1) is 18.3 Å². The minimum absolute atomic E-state index is 0.531. The van der Waals surface area contributed by atoms with Gasteiger partial charge in [-0.1, -0.05) is 48.0 Å². The predicted molar refractivity (Wildman–Crippen MR) is 135 cm³/mol. The van der Waals surface area contributed by atoms with E-state index in [0.29, 0.717) is 24.0 Å². The maximum Gasteiger partial charge on any atom is 0.147 e. The summed E-state index contributed by atoms with van der Waals surface area (Å²) in [5, 5.41) is 18.3. The number of piperidine rings is 1. The molecular weight excluding hydrogens is 408 g/mol. The number of aryl methyl sites for hydroxylation is 1. The van der Waals surface area contributed by atoms with Crippen LogP contribution < -0.4 is 15.5 Å². The molecule has 1 atom stereocenters. The number of rotatable bonds is 5. The number of nitriles is 1. The van der Waals surface area contributed by atoms with Crippen molar-refractivity contribution in [1.29, 1.82) is 5.26 Å². The average Bonchev–Trinajstić information content (AvgIpc) is 2.88. The summed E-state index contributed by atoms with van der Waals surface area (Å²) in [5.41, 5.74) is 5.04. The second kappa shape index (κ2) is 9.78. The summed E-state index contributed by atoms with van der Waals surface area (Å²) >= 11 is 0. The molecule has 2 N–H and O–H groups in total. The summed E-state index contributed by atoms with van der Waals surface area (Å²) in [4.78, 5) is 9.92. The van der Waals surface area contributed by atoms with E-state index in [9.17, 15) is 5.26 Å². The summed E-state index contributed by atoms with van der Waals surface area (Å²) in [6, 6.07) is 19.7. The number of anilines is 2. The highest BCUT2D eigenvalue weighted by atomic mass is 15.3. The largest absolute Gasteiger partial charge is 0.368 e. The lowest BCUT2D eigenvalue weighted by Crippen LogP contribution is -2.54. The van der Waals surface area contributed by atoms with Crippen molar-refractivity contribution in [3.05, 3.63) is 65.2 Å². The first-order valence-electron chi connectivity index (χ1n) is 12.0. The SMILES string of the molecule is Cc1ccc(CNc2nc3ccccc3c(N3CCCC(N4CCNCC4)C3)c2C#N)cc1. The van der Waals surface area contributed by atoms with Gasteiger partial charge in [0.2, 0.25) is 0 Å². The molecule has 3 heterocycles. The minimum atomic E-state index is 0.531. The highest BCUT2D eigenvalue weighted by Gasteiger charge is 2.29. The molecule has 0 spiro atoms. The third kappa shape index (κ3) is 4.66. The molecule has 6 heteroatoms. The molecule has 0 bridgehead atoms. The van der Waals surface area contributed by atoms with E-state index in [-0.39, 0.29) is 0 Å². The number of nitrogens with one attached hydrogen (secondary N) is 2. The molecule has 0 radical (unpaired) electrons. The number of fused-ring (bicyclic) bond motifs is 1. The smallest absolute Gasteiger partial charge is 0.147 e. The third-order valence-electron chi connectivity index (χ3n) is 6.94. The van der Waals surface area contributed by atoms with Gasteiger partial charge in [0.25, 0.3) is 0 Å². The molecule has 33 heavy (non-hydrogen) atoms. The highest BCUT2D eigenvalue weighted by molar-refractivity contribution is 5.97. The molecule has 170 valence electrons. The molecule has 0 saturated carbocycles. The molecular formula is C27H32N6. The molecule has 0 aliphatic carbocycles. The van der Waals surface area contributed by atoms with Gasteiger partial charge in [0.15, 0.2) is 0 Å². The van der Waals surface area contributed by atoms with Gasteiger partial charge in [-0.3, -0.25) is 4.90 Å². The fraction of sp³-hybridized carbons (Fsp3) is 0.407. The molecule has 6 nitrogen and oxygen atoms in total. The van der Waals surface area contributed by atoms with Crippen molar-refractivity contribution in [3.63, 3.8) is 0 Å². The van der Waals surface area contributed by atoms with Crippen LogP contribution >= 0.6 is 0 Å². The zero-order valence-corrected chi connectivity index (χ0v) is 19.3. The molecule has 2 saturated heterocycles. The van der Waals surface area contributed by atoms with E-state index in [2.05, 4.69) is 69.8 Å². The second-order valence-corrected chi connectivity index (χ2v) is 9.18. The van der Waals surface area contributed by atoms with E-state index in [0.717, 1.165) is 62.3 Å². The van der Waals surface area contributed by atoms with E-state index in [1.54, 1.807) is 0 Å². The van der Waals surface area contributed by atoms with Gasteiger partial charge in [-0.25, -0.2) is 4.98 Å². The molecule has 1 unspecified atom stereocenters. The van der Waals surface area contributed by atoms with E-state index >= 15 is 0 Å². The number of piperazine rings is 1. The number of hydrogen-bond donors (Lipinski definition) is 2. The summed E-state index contributed by atoms with van der Waals surface area (Å²) < 4.78 is 0. The van der Waals surface area contributed by atoms with Crippen LogP contribution in [0.1, 0.15) is 29.5 Å². The lowest BCUT2D eigenvalue weighted by Gasteiger charge is -2.42. The normalized spacial score (nSPS) is 19.4. The van der Waals surface area contributed by atoms with Crippen LogP contribution in [-0.2, 0) is 6.54 Å². The molecule has 3 aromatic rings. The van der Waals surface area contributed by atoms with E-state index in [1.165, 1.54) is 17.5 Å². The standard InChI is InChI=1S/C27H32N6/c1-20-8-10-21(11-9-20)18-30-27-24(17-28)26(23-6-2-3-7-25(23)31-27)33-14-4-5-22(19-33)32-15-12-29-13-16-32/h2-3,6-11,22,29H,4-5,12-16,18-19H2,1H3,(H,30,31). The predicted octanol–water partition coefficient (Wildman–Crippen LogP) is 3.90. The van der Waals surface area contributed by atoms with E-state index < -0.39 is 0 Å². The Morgan fingerprint density at radius 3 is 2.67 bits per heavy atom. The molecule has 0 amide bonds. The van der Waals surface area contributed by atoms with Crippen LogP contribution in [0.4, 0.5) is 11.5 Å². The number of aromatic nitrogens is 1. The Labute approximate surface area is 196 Å². The van der Waals surface area contributed by atoms with Crippen molar-refractivity contribution < 1.29 is 0 Å². The van der Waals surface area contributed by atoms with Crippen LogP contribution in [0.15, 0.2) is 48.5 Å². The Kier molecular flexibility index (Phi) is 6.43. The number of hydrogen-bond acceptors (Lipinski definition) is 6. The van der Waals surface area contributed by atoms with Crippen LogP contribution in [-0.4, -0.2) is 55.2 Å². The lowest BCUT2D eigenvalue weighted by atomic mass is 9.99. The Morgan fingerprint density at radius 2 is 1.88 bits per heavy atom. The fourth-order valence-electron chi connectivity index (χ4n) is 5.15. The summed E-state index contributed by atoms with van der Waals surface area (Å²) in [6.07, 6.45) is 2.36. The number of para-hydroxylation sites is 1. The van der Waals surface area contributed by atoms with Crippen LogP contribution in [0.25, 0.3) is 10.9 Å². The van der Waals surface area contributed by atoms with Gasteiger partial charge in [0, 0.05) is 57.2 Å². The van der Waals surface area contributed by atoms with Crippen molar-refractivity contribution in [2.75, 3.05) is 49.5 Å². The minimum Gasteiger partial charge on any atom is -0.368 e. The Bertz CT molecular complexity index is 1140. The van der Waals surface area contributed by atoms with Gasteiger partial charge in [0.1, 0.15) is 17.5 Å². The Morgan fingerprint density at radius 1 is 1.09 bits per heavy atom. The van der Waals surface area contributed by atoms with Crippen molar-refractivity contribution in [1.82, 2.24) is 15.2 Å². The van der Waals surface area contributed by atoms with Gasteiger partial charge >= 0.3 is 0 Å². The first-order chi connectivity index (χ1) is 16.2. The topological polar surface area (TPSA) is 67.2 Å². The number of nitrogens with zero attached hydrogens (tertiary/aromatic N) is 4. The Hall–Kier alpha value is -3.14. The first kappa shape index (κ1) is 21.7. The van der Waals surface area contributed by atoms with Gasteiger partial charge in [-0.15, -0.1) is 0 Å². The zero-order chi connectivity index (χ0) is 22.6. The van der Waals surface area contributed by atoms with Crippen molar-refractivity contribution in [2.45, 2.75) is 32.4 Å². The van der Waals surface area contributed by atoms with Crippen molar-refractivity contribution in [3.8, 4) is 6.07 Å². The van der Waals surface area contributed by atoms with Gasteiger partial charge in [-0.2, -0.15) is 5.26 Å². The summed E-state index contributed by atoms with van der Waals surface area (Å²) in [6.45, 7) is 8.99. The van der Waals surface area contributed by atoms with Gasteiger partial charge in [0.05, 0.1) is 11.2 Å². The molecule has 5 rings (SSSR count). The summed E-state index contributed by atoms with van der Waals surface area (Å²) in [5.74, 6) is 0.677. The molecule has 2 aromatic carbocycles. The van der Waals surface area contributed by atoms with E-state index in [4.69, 9.17) is 4.98 Å². The maximum atomic E-state index is 10.3. The van der Waals surface area contributed by atoms with Gasteiger partial charge < -0.3 is 15.5 Å².